The maximum atomic E-state index is 6.02. The summed E-state index contributed by atoms with van der Waals surface area (Å²) in [6.45, 7) is 6.53. The SMILES string of the molecule is c1cncc(CN2Cc3cccn3[C@H](CCOCC3CCOCC3)C2)c1. The van der Waals surface area contributed by atoms with Gasteiger partial charge in [0.15, 0.2) is 0 Å². The molecule has 5 heteroatoms. The van der Waals surface area contributed by atoms with Crippen LogP contribution in [0.2, 0.25) is 0 Å². The normalized spacial score (nSPS) is 21.6. The fraction of sp³-hybridized carbons (Fsp3) is 0.571. The third kappa shape index (κ3) is 4.53. The van der Waals surface area contributed by atoms with Crippen LogP contribution in [-0.2, 0) is 22.6 Å². The third-order valence-electron chi connectivity index (χ3n) is 5.53. The van der Waals surface area contributed by atoms with Crippen molar-refractivity contribution in [3.63, 3.8) is 0 Å². The smallest absolute Gasteiger partial charge is 0.0495 e. The second-order valence-corrected chi connectivity index (χ2v) is 7.51. The lowest BCUT2D eigenvalue weighted by molar-refractivity contribution is 0.0160. The van der Waals surface area contributed by atoms with E-state index in [1.54, 1.807) is 0 Å². The van der Waals surface area contributed by atoms with Crippen LogP contribution in [0.15, 0.2) is 42.9 Å². The molecule has 4 heterocycles. The van der Waals surface area contributed by atoms with Gasteiger partial charge in [0, 0.05) is 76.4 Å². The van der Waals surface area contributed by atoms with Crippen LogP contribution in [0.4, 0.5) is 0 Å². The van der Waals surface area contributed by atoms with Crippen molar-refractivity contribution in [3.8, 4) is 0 Å². The lowest BCUT2D eigenvalue weighted by Gasteiger charge is -2.35. The molecule has 2 aliphatic rings. The zero-order valence-electron chi connectivity index (χ0n) is 15.4. The first kappa shape index (κ1) is 17.7. The highest BCUT2D eigenvalue weighted by atomic mass is 16.5. The maximum Gasteiger partial charge on any atom is 0.0495 e. The van der Waals surface area contributed by atoms with E-state index in [1.165, 1.54) is 11.3 Å². The average Bonchev–Trinajstić information content (AvgIpc) is 3.15. The van der Waals surface area contributed by atoms with Crippen molar-refractivity contribution in [2.75, 3.05) is 33.0 Å². The summed E-state index contributed by atoms with van der Waals surface area (Å²) < 4.78 is 13.9. The molecular formula is C21H29N3O2. The van der Waals surface area contributed by atoms with E-state index in [-0.39, 0.29) is 0 Å². The highest BCUT2D eigenvalue weighted by molar-refractivity contribution is 5.13. The van der Waals surface area contributed by atoms with Gasteiger partial charge in [0.1, 0.15) is 0 Å². The van der Waals surface area contributed by atoms with Crippen LogP contribution in [0.3, 0.4) is 0 Å². The Morgan fingerprint density at radius 3 is 2.96 bits per heavy atom. The molecule has 0 N–H and O–H groups in total. The van der Waals surface area contributed by atoms with E-state index in [4.69, 9.17) is 9.47 Å². The first-order valence-electron chi connectivity index (χ1n) is 9.81. The summed E-state index contributed by atoms with van der Waals surface area (Å²) in [5, 5.41) is 0. The number of rotatable bonds is 7. The fourth-order valence-corrected chi connectivity index (χ4v) is 4.08. The summed E-state index contributed by atoms with van der Waals surface area (Å²) in [5.41, 5.74) is 2.68. The van der Waals surface area contributed by atoms with Crippen LogP contribution in [0.1, 0.15) is 36.6 Å². The Balaban J connectivity index is 1.30. The number of hydrogen-bond donors (Lipinski definition) is 0. The minimum atomic E-state index is 0.486. The zero-order valence-corrected chi connectivity index (χ0v) is 15.4. The van der Waals surface area contributed by atoms with Gasteiger partial charge in [-0.25, -0.2) is 0 Å². The predicted octanol–water partition coefficient (Wildman–Crippen LogP) is 3.27. The second-order valence-electron chi connectivity index (χ2n) is 7.51. The van der Waals surface area contributed by atoms with Crippen LogP contribution in [0.25, 0.3) is 0 Å². The van der Waals surface area contributed by atoms with E-state index < -0.39 is 0 Å². The quantitative estimate of drug-likeness (QED) is 0.715. The Hall–Kier alpha value is -1.69. The summed E-state index contributed by atoms with van der Waals surface area (Å²) in [7, 11) is 0. The summed E-state index contributed by atoms with van der Waals surface area (Å²) in [6, 6.07) is 9.07. The highest BCUT2D eigenvalue weighted by Crippen LogP contribution is 2.26. The van der Waals surface area contributed by atoms with Crippen molar-refractivity contribution >= 4 is 0 Å². The molecule has 1 saturated heterocycles. The molecule has 0 aliphatic carbocycles. The maximum absolute atomic E-state index is 6.02. The van der Waals surface area contributed by atoms with Crippen molar-refractivity contribution in [3.05, 3.63) is 54.1 Å². The van der Waals surface area contributed by atoms with Crippen LogP contribution >= 0.6 is 0 Å². The molecule has 26 heavy (non-hydrogen) atoms. The van der Waals surface area contributed by atoms with Gasteiger partial charge in [-0.3, -0.25) is 9.88 Å². The van der Waals surface area contributed by atoms with E-state index in [2.05, 4.69) is 38.8 Å². The molecule has 2 aromatic rings. The third-order valence-corrected chi connectivity index (χ3v) is 5.53. The summed E-state index contributed by atoms with van der Waals surface area (Å²) in [5.74, 6) is 0.680. The largest absolute Gasteiger partial charge is 0.381 e. The van der Waals surface area contributed by atoms with Gasteiger partial charge in [-0.05, 0) is 48.9 Å². The Bertz CT molecular complexity index is 667. The molecule has 4 rings (SSSR count). The fourth-order valence-electron chi connectivity index (χ4n) is 4.08. The first-order chi connectivity index (χ1) is 12.9. The van der Waals surface area contributed by atoms with Gasteiger partial charge in [0.2, 0.25) is 0 Å². The van der Waals surface area contributed by atoms with E-state index in [1.807, 2.05) is 18.5 Å². The Kier molecular flexibility index (Phi) is 5.99. The number of hydrogen-bond acceptors (Lipinski definition) is 4. The molecule has 0 spiro atoms. The topological polar surface area (TPSA) is 39.5 Å². The van der Waals surface area contributed by atoms with Crippen LogP contribution in [-0.4, -0.2) is 47.4 Å². The number of ether oxygens (including phenoxy) is 2. The van der Waals surface area contributed by atoms with Crippen molar-refractivity contribution < 1.29 is 9.47 Å². The molecule has 0 bridgehead atoms. The Morgan fingerprint density at radius 1 is 1.19 bits per heavy atom. The van der Waals surface area contributed by atoms with Crippen molar-refractivity contribution in [1.82, 2.24) is 14.5 Å². The lowest BCUT2D eigenvalue weighted by atomic mass is 10.0. The Morgan fingerprint density at radius 2 is 2.12 bits per heavy atom. The minimum absolute atomic E-state index is 0.486. The molecule has 0 radical (unpaired) electrons. The molecule has 5 nitrogen and oxygen atoms in total. The van der Waals surface area contributed by atoms with E-state index >= 15 is 0 Å². The first-order valence-corrected chi connectivity index (χ1v) is 9.81. The van der Waals surface area contributed by atoms with Gasteiger partial charge in [-0.2, -0.15) is 0 Å². The number of fused-ring (bicyclic) bond motifs is 1. The highest BCUT2D eigenvalue weighted by Gasteiger charge is 2.24. The van der Waals surface area contributed by atoms with E-state index in [0.29, 0.717) is 12.0 Å². The molecule has 1 fully saturated rings. The standard InChI is InChI=1S/C21H29N3O2/c1-3-19(13-22-8-1)14-23-15-20-4-2-9-24(20)21(16-23)7-12-26-17-18-5-10-25-11-6-18/h1-4,8-9,13,18,21H,5-7,10-12,14-17H2/t21-/m1/s1. The average molecular weight is 355 g/mol. The molecule has 2 aliphatic heterocycles. The lowest BCUT2D eigenvalue weighted by Crippen LogP contribution is -2.37. The summed E-state index contributed by atoms with van der Waals surface area (Å²) >= 11 is 0. The molecule has 1 atom stereocenters. The number of pyridine rings is 1. The van der Waals surface area contributed by atoms with Crippen LogP contribution in [0, 0.1) is 5.92 Å². The minimum Gasteiger partial charge on any atom is -0.381 e. The second kappa shape index (κ2) is 8.80. The number of nitrogens with zero attached hydrogens (tertiary/aromatic N) is 3. The molecule has 0 aromatic carbocycles. The van der Waals surface area contributed by atoms with Gasteiger partial charge >= 0.3 is 0 Å². The van der Waals surface area contributed by atoms with Gasteiger partial charge < -0.3 is 14.0 Å². The number of aromatic nitrogens is 2. The van der Waals surface area contributed by atoms with Gasteiger partial charge in [-0.15, -0.1) is 0 Å². The van der Waals surface area contributed by atoms with Crippen LogP contribution < -0.4 is 0 Å². The van der Waals surface area contributed by atoms with Gasteiger partial charge in [0.05, 0.1) is 0 Å². The van der Waals surface area contributed by atoms with Gasteiger partial charge in [-0.1, -0.05) is 6.07 Å². The van der Waals surface area contributed by atoms with Crippen LogP contribution in [0.5, 0.6) is 0 Å². The van der Waals surface area contributed by atoms with E-state index in [9.17, 15) is 0 Å². The van der Waals surface area contributed by atoms with E-state index in [0.717, 1.165) is 65.3 Å². The van der Waals surface area contributed by atoms with Crippen molar-refractivity contribution in [2.45, 2.75) is 38.4 Å². The zero-order chi connectivity index (χ0) is 17.6. The molecule has 0 unspecified atom stereocenters. The molecule has 2 aromatic heterocycles. The molecule has 0 saturated carbocycles. The monoisotopic (exact) mass is 355 g/mol. The molecule has 0 amide bonds. The summed E-state index contributed by atoms with van der Waals surface area (Å²) in [6.07, 6.45) is 9.38. The molecular weight excluding hydrogens is 326 g/mol. The predicted molar refractivity (Wildman–Crippen MR) is 101 cm³/mol. The van der Waals surface area contributed by atoms with Gasteiger partial charge in [0.25, 0.3) is 0 Å². The van der Waals surface area contributed by atoms with Crippen molar-refractivity contribution in [2.24, 2.45) is 5.92 Å². The Labute approximate surface area is 155 Å². The molecule has 140 valence electrons. The summed E-state index contributed by atoms with van der Waals surface area (Å²) in [4.78, 5) is 6.77. The van der Waals surface area contributed by atoms with Crippen molar-refractivity contribution in [1.29, 1.82) is 0 Å².